The van der Waals surface area contributed by atoms with E-state index in [1.54, 1.807) is 38.5 Å². The molecule has 0 amide bonds. The number of nitrogens with zero attached hydrogens (tertiary/aromatic N) is 1. The van der Waals surface area contributed by atoms with Gasteiger partial charge in [-0.05, 0) is 24.3 Å². The zero-order valence-corrected chi connectivity index (χ0v) is 11.2. The zero-order chi connectivity index (χ0) is 14.5. The molecule has 0 saturated heterocycles. The molecule has 0 aliphatic rings. The van der Waals surface area contributed by atoms with Gasteiger partial charge in [0, 0.05) is 23.9 Å². The van der Waals surface area contributed by atoms with Gasteiger partial charge in [-0.15, -0.1) is 0 Å². The lowest BCUT2D eigenvalue weighted by molar-refractivity contribution is 0.404. The topological polar surface area (TPSA) is 71.3 Å². The third kappa shape index (κ3) is 3.00. The van der Waals surface area contributed by atoms with Crippen LogP contribution in [0.3, 0.4) is 0 Å². The smallest absolute Gasteiger partial charge is 0.144 e. The molecule has 0 heterocycles. The second-order valence-corrected chi connectivity index (χ2v) is 4.04. The van der Waals surface area contributed by atoms with Gasteiger partial charge in [-0.2, -0.15) is 0 Å². The molecular weight excluding hydrogens is 258 g/mol. The molecule has 5 nitrogen and oxygen atoms in total. The fraction of sp³-hybridized carbons (Fsp3) is 0.133. The van der Waals surface area contributed by atoms with Crippen LogP contribution >= 0.6 is 0 Å². The van der Waals surface area contributed by atoms with Crippen molar-refractivity contribution in [2.45, 2.75) is 0 Å². The first-order chi connectivity index (χ1) is 9.63. The summed E-state index contributed by atoms with van der Waals surface area (Å²) in [5.74, 6) is 1.21. The van der Waals surface area contributed by atoms with Crippen molar-refractivity contribution in [3.8, 4) is 23.0 Å². The lowest BCUT2D eigenvalue weighted by atomic mass is 10.2. The fourth-order valence-electron chi connectivity index (χ4n) is 1.68. The Labute approximate surface area is 116 Å². The molecule has 0 saturated carbocycles. The van der Waals surface area contributed by atoms with Crippen molar-refractivity contribution < 1.29 is 19.7 Å². The third-order valence-electron chi connectivity index (χ3n) is 2.74. The first-order valence-corrected chi connectivity index (χ1v) is 5.92. The Morgan fingerprint density at radius 2 is 1.80 bits per heavy atom. The molecular formula is C15H15NO4. The highest BCUT2D eigenvalue weighted by atomic mass is 16.5. The van der Waals surface area contributed by atoms with Gasteiger partial charge in [0.05, 0.1) is 14.2 Å². The Bertz CT molecular complexity index is 638. The van der Waals surface area contributed by atoms with E-state index >= 15 is 0 Å². The van der Waals surface area contributed by atoms with Gasteiger partial charge in [-0.25, -0.2) is 0 Å². The molecule has 2 aromatic rings. The highest BCUT2D eigenvalue weighted by molar-refractivity contribution is 5.86. The molecule has 0 aliphatic heterocycles. The Morgan fingerprint density at radius 1 is 1.00 bits per heavy atom. The van der Waals surface area contributed by atoms with Gasteiger partial charge in [0.1, 0.15) is 28.7 Å². The minimum Gasteiger partial charge on any atom is -0.508 e. The average molecular weight is 273 g/mol. The van der Waals surface area contributed by atoms with Crippen LogP contribution in [-0.2, 0) is 0 Å². The van der Waals surface area contributed by atoms with Crippen LogP contribution in [-0.4, -0.2) is 30.6 Å². The van der Waals surface area contributed by atoms with E-state index in [2.05, 4.69) is 4.99 Å². The number of phenols is 2. The SMILES string of the molecule is COc1ccc(OC)c(N=Cc2ccc(O)cc2O)c1. The van der Waals surface area contributed by atoms with E-state index in [9.17, 15) is 10.2 Å². The maximum Gasteiger partial charge on any atom is 0.144 e. The average Bonchev–Trinajstić information content (AvgIpc) is 2.46. The van der Waals surface area contributed by atoms with Crippen LogP contribution in [0.1, 0.15) is 5.56 Å². The highest BCUT2D eigenvalue weighted by Crippen LogP contribution is 2.31. The van der Waals surface area contributed by atoms with Crippen LogP contribution < -0.4 is 9.47 Å². The standard InChI is InChI=1S/C15H15NO4/c1-19-12-5-6-15(20-2)13(8-12)16-9-10-3-4-11(17)7-14(10)18/h3-9,17-18H,1-2H3. The van der Waals surface area contributed by atoms with Crippen molar-refractivity contribution >= 4 is 11.9 Å². The van der Waals surface area contributed by atoms with Gasteiger partial charge in [0.25, 0.3) is 0 Å². The molecule has 0 atom stereocenters. The Hall–Kier alpha value is -2.69. The van der Waals surface area contributed by atoms with Crippen LogP contribution in [0.2, 0.25) is 0 Å². The van der Waals surface area contributed by atoms with Gasteiger partial charge in [-0.1, -0.05) is 0 Å². The molecule has 2 aromatic carbocycles. The first-order valence-electron chi connectivity index (χ1n) is 5.92. The lowest BCUT2D eigenvalue weighted by Gasteiger charge is -2.06. The third-order valence-corrected chi connectivity index (χ3v) is 2.74. The van der Waals surface area contributed by atoms with Gasteiger partial charge < -0.3 is 19.7 Å². The normalized spacial score (nSPS) is 10.7. The highest BCUT2D eigenvalue weighted by Gasteiger charge is 2.04. The summed E-state index contributed by atoms with van der Waals surface area (Å²) in [6.07, 6.45) is 1.49. The fourth-order valence-corrected chi connectivity index (χ4v) is 1.68. The van der Waals surface area contributed by atoms with Crippen molar-refractivity contribution in [3.63, 3.8) is 0 Å². The number of aliphatic imine (C=N–C) groups is 1. The quantitative estimate of drug-likeness (QED) is 0.840. The number of methoxy groups -OCH3 is 2. The maximum absolute atomic E-state index is 9.69. The number of rotatable bonds is 4. The van der Waals surface area contributed by atoms with E-state index in [0.717, 1.165) is 0 Å². The van der Waals surface area contributed by atoms with E-state index in [1.165, 1.54) is 18.3 Å². The van der Waals surface area contributed by atoms with Gasteiger partial charge in [0.15, 0.2) is 0 Å². The molecule has 20 heavy (non-hydrogen) atoms. The molecule has 0 fully saturated rings. The summed E-state index contributed by atoms with van der Waals surface area (Å²) < 4.78 is 10.3. The Morgan fingerprint density at radius 3 is 2.45 bits per heavy atom. The first kappa shape index (κ1) is 13.7. The summed E-state index contributed by atoms with van der Waals surface area (Å²) in [6.45, 7) is 0. The summed E-state index contributed by atoms with van der Waals surface area (Å²) in [4.78, 5) is 4.27. The van der Waals surface area contributed by atoms with Crippen molar-refractivity contribution in [1.82, 2.24) is 0 Å². The Kier molecular flexibility index (Phi) is 4.10. The molecule has 0 aliphatic carbocycles. The van der Waals surface area contributed by atoms with Crippen LogP contribution in [0.15, 0.2) is 41.4 Å². The minimum atomic E-state index is -0.0457. The summed E-state index contributed by atoms with van der Waals surface area (Å²) in [5.41, 5.74) is 1.08. The predicted molar refractivity (Wildman–Crippen MR) is 76.6 cm³/mol. The second kappa shape index (κ2) is 5.97. The molecule has 104 valence electrons. The number of aromatic hydroxyl groups is 2. The van der Waals surface area contributed by atoms with E-state index in [0.29, 0.717) is 22.7 Å². The number of hydrogen-bond donors (Lipinski definition) is 2. The lowest BCUT2D eigenvalue weighted by Crippen LogP contribution is -1.87. The van der Waals surface area contributed by atoms with Crippen molar-refractivity contribution in [1.29, 1.82) is 0 Å². The van der Waals surface area contributed by atoms with E-state index in [4.69, 9.17) is 9.47 Å². The van der Waals surface area contributed by atoms with Crippen LogP contribution in [0.4, 0.5) is 5.69 Å². The molecule has 2 N–H and O–H groups in total. The van der Waals surface area contributed by atoms with E-state index in [1.807, 2.05) is 0 Å². The van der Waals surface area contributed by atoms with Crippen LogP contribution in [0, 0.1) is 0 Å². The predicted octanol–water partition coefficient (Wildman–Crippen LogP) is 2.87. The molecule has 0 spiro atoms. The number of hydrogen-bond acceptors (Lipinski definition) is 5. The van der Waals surface area contributed by atoms with Gasteiger partial charge in [-0.3, -0.25) is 4.99 Å². The largest absolute Gasteiger partial charge is 0.508 e. The zero-order valence-electron chi connectivity index (χ0n) is 11.2. The molecule has 0 unspecified atom stereocenters. The maximum atomic E-state index is 9.69. The van der Waals surface area contributed by atoms with E-state index < -0.39 is 0 Å². The minimum absolute atomic E-state index is 0.00129. The van der Waals surface area contributed by atoms with Crippen molar-refractivity contribution in [2.24, 2.45) is 4.99 Å². The summed E-state index contributed by atoms with van der Waals surface area (Å²) >= 11 is 0. The van der Waals surface area contributed by atoms with Crippen LogP contribution in [0.5, 0.6) is 23.0 Å². The number of benzene rings is 2. The number of phenolic OH excluding ortho intramolecular Hbond substituents is 2. The van der Waals surface area contributed by atoms with Crippen molar-refractivity contribution in [2.75, 3.05) is 14.2 Å². The molecule has 0 bridgehead atoms. The van der Waals surface area contributed by atoms with Gasteiger partial charge in [0.2, 0.25) is 0 Å². The molecule has 2 rings (SSSR count). The molecule has 0 radical (unpaired) electrons. The van der Waals surface area contributed by atoms with Gasteiger partial charge >= 0.3 is 0 Å². The molecule has 5 heteroatoms. The summed E-state index contributed by atoms with van der Waals surface area (Å²) in [5, 5.41) is 18.9. The Balaban J connectivity index is 2.34. The summed E-state index contributed by atoms with van der Waals surface area (Å²) in [7, 11) is 3.12. The molecule has 0 aromatic heterocycles. The van der Waals surface area contributed by atoms with Crippen LogP contribution in [0.25, 0.3) is 0 Å². The number of ether oxygens (including phenoxy) is 2. The second-order valence-electron chi connectivity index (χ2n) is 4.04. The van der Waals surface area contributed by atoms with Crippen molar-refractivity contribution in [3.05, 3.63) is 42.0 Å². The van der Waals surface area contributed by atoms with E-state index in [-0.39, 0.29) is 11.5 Å². The monoisotopic (exact) mass is 273 g/mol. The summed E-state index contributed by atoms with van der Waals surface area (Å²) in [6, 6.07) is 9.56.